The molecule has 9 unspecified atom stereocenters. The van der Waals surface area contributed by atoms with E-state index in [1.807, 2.05) is 12.2 Å². The molecule has 1 spiro atoms. The number of anilines is 1. The molecule has 1 aromatic rings. The number of halogens is 1. The fraction of sp³-hybridized carbons (Fsp3) is 0.621. The maximum absolute atomic E-state index is 14.1. The second-order valence-electron chi connectivity index (χ2n) is 11.7. The summed E-state index contributed by atoms with van der Waals surface area (Å²) in [5.41, 5.74) is -0.621. The minimum atomic E-state index is -1.18. The molecule has 5 aliphatic rings. The summed E-state index contributed by atoms with van der Waals surface area (Å²) >= 11 is 6.11. The van der Waals surface area contributed by atoms with Crippen molar-refractivity contribution in [1.29, 1.82) is 0 Å². The van der Waals surface area contributed by atoms with E-state index in [4.69, 9.17) is 21.1 Å². The van der Waals surface area contributed by atoms with Crippen molar-refractivity contribution in [1.82, 2.24) is 10.2 Å². The van der Waals surface area contributed by atoms with Crippen molar-refractivity contribution in [3.8, 4) is 0 Å². The number of likely N-dealkylation sites (tertiary alicyclic amines) is 1. The van der Waals surface area contributed by atoms with Crippen molar-refractivity contribution in [3.05, 3.63) is 41.4 Å². The van der Waals surface area contributed by atoms with Crippen LogP contribution in [0.5, 0.6) is 0 Å². The van der Waals surface area contributed by atoms with Crippen LogP contribution in [0.25, 0.3) is 0 Å². The van der Waals surface area contributed by atoms with Gasteiger partial charge in [-0.15, -0.1) is 0 Å². The molecule has 38 heavy (non-hydrogen) atoms. The molecule has 8 nitrogen and oxygen atoms in total. The normalized spacial score (nSPS) is 39.4. The van der Waals surface area contributed by atoms with Gasteiger partial charge in [0.1, 0.15) is 11.6 Å². The monoisotopic (exact) mass is 541 g/mol. The Kier molecular flexibility index (Phi) is 6.77. The molecule has 4 aliphatic heterocycles. The van der Waals surface area contributed by atoms with Crippen LogP contribution in [0, 0.1) is 23.7 Å². The van der Waals surface area contributed by atoms with Crippen LogP contribution in [0.2, 0.25) is 5.02 Å². The van der Waals surface area contributed by atoms with E-state index < -0.39 is 29.6 Å². The Morgan fingerprint density at radius 2 is 2.00 bits per heavy atom. The zero-order valence-electron chi connectivity index (χ0n) is 21.9. The zero-order valence-corrected chi connectivity index (χ0v) is 22.7. The first-order valence-electron chi connectivity index (χ1n) is 13.9. The van der Waals surface area contributed by atoms with E-state index in [9.17, 15) is 14.4 Å². The first kappa shape index (κ1) is 25.8. The van der Waals surface area contributed by atoms with Gasteiger partial charge in [0.05, 0.1) is 24.0 Å². The fourth-order valence-corrected chi connectivity index (χ4v) is 7.50. The molecule has 9 atom stereocenters. The molecule has 3 amide bonds. The van der Waals surface area contributed by atoms with Crippen LogP contribution in [0.3, 0.4) is 0 Å². The van der Waals surface area contributed by atoms with Crippen molar-refractivity contribution in [2.45, 2.75) is 75.8 Å². The average Bonchev–Trinajstić information content (AvgIpc) is 3.65. The van der Waals surface area contributed by atoms with Crippen LogP contribution < -0.4 is 10.6 Å². The molecule has 4 heterocycles. The highest BCUT2D eigenvalue weighted by Gasteiger charge is 2.73. The third-order valence-corrected chi connectivity index (χ3v) is 9.71. The maximum Gasteiger partial charge on any atom is 0.246 e. The first-order chi connectivity index (χ1) is 18.3. The molecule has 1 aliphatic carbocycles. The van der Waals surface area contributed by atoms with E-state index in [2.05, 4.69) is 24.5 Å². The second kappa shape index (κ2) is 9.96. The SMILES string of the molecule is CC1CCCC(NC(=O)C2N(CC3CCCO3)C(=O)C3C(C(=O)Nc4cccc(Cl)c4)C4C=CC32O4)C1C. The number of nitrogens with one attached hydrogen (secondary N) is 2. The molecule has 0 radical (unpaired) electrons. The van der Waals surface area contributed by atoms with Gasteiger partial charge in [-0.05, 0) is 49.3 Å². The van der Waals surface area contributed by atoms with Crippen LogP contribution in [0.15, 0.2) is 36.4 Å². The summed E-state index contributed by atoms with van der Waals surface area (Å²) < 4.78 is 12.3. The van der Waals surface area contributed by atoms with Crippen LogP contribution in [-0.2, 0) is 23.9 Å². The molecule has 4 fully saturated rings. The number of benzene rings is 1. The first-order valence-corrected chi connectivity index (χ1v) is 14.3. The Bertz CT molecular complexity index is 1150. The standard InChI is InChI=1S/C29H36ClN3O5/c1-16-6-3-10-21(17(16)2)32-27(35)25-29-12-11-22(38-29)23(26(34)31-19-8-4-7-18(30)14-19)24(29)28(36)33(25)15-20-9-5-13-37-20/h4,7-8,11-12,14,16-17,20-25H,3,5-6,9-10,13,15H2,1-2H3,(H,31,34)(H,32,35). The summed E-state index contributed by atoms with van der Waals surface area (Å²) in [4.78, 5) is 43.3. The van der Waals surface area contributed by atoms with Gasteiger partial charge < -0.3 is 25.0 Å². The molecular formula is C29H36ClN3O5. The van der Waals surface area contributed by atoms with Crippen LogP contribution in [0.4, 0.5) is 5.69 Å². The zero-order chi connectivity index (χ0) is 26.6. The Morgan fingerprint density at radius 1 is 1.16 bits per heavy atom. The van der Waals surface area contributed by atoms with Gasteiger partial charge in [0.25, 0.3) is 0 Å². The van der Waals surface area contributed by atoms with Gasteiger partial charge in [-0.1, -0.05) is 56.5 Å². The molecule has 3 saturated heterocycles. The average molecular weight is 542 g/mol. The van der Waals surface area contributed by atoms with Crippen molar-refractivity contribution >= 4 is 35.0 Å². The lowest BCUT2D eigenvalue weighted by atomic mass is 9.73. The topological polar surface area (TPSA) is 97.0 Å². The van der Waals surface area contributed by atoms with Gasteiger partial charge in [-0.2, -0.15) is 0 Å². The number of carbonyl (C=O) groups excluding carboxylic acids is 3. The summed E-state index contributed by atoms with van der Waals surface area (Å²) in [6, 6.07) is 6.11. The highest BCUT2D eigenvalue weighted by molar-refractivity contribution is 6.30. The van der Waals surface area contributed by atoms with Crippen molar-refractivity contribution in [3.63, 3.8) is 0 Å². The number of rotatable bonds is 6. The van der Waals surface area contributed by atoms with E-state index in [0.29, 0.717) is 35.7 Å². The van der Waals surface area contributed by atoms with E-state index >= 15 is 0 Å². The lowest BCUT2D eigenvalue weighted by Gasteiger charge is -2.38. The minimum Gasteiger partial charge on any atom is -0.376 e. The Balaban J connectivity index is 1.30. The third-order valence-electron chi connectivity index (χ3n) is 9.48. The van der Waals surface area contributed by atoms with Crippen molar-refractivity contribution < 1.29 is 23.9 Å². The molecule has 2 N–H and O–H groups in total. The van der Waals surface area contributed by atoms with E-state index in [1.165, 1.54) is 0 Å². The van der Waals surface area contributed by atoms with Gasteiger partial charge in [0, 0.05) is 29.9 Å². The number of nitrogens with zero attached hydrogens (tertiary/aromatic N) is 1. The number of hydrogen-bond acceptors (Lipinski definition) is 5. The Hall–Kier alpha value is -2.42. The number of carbonyl (C=O) groups is 3. The molecule has 2 bridgehead atoms. The summed E-state index contributed by atoms with van der Waals surface area (Å²) in [6.07, 6.45) is 7.91. The lowest BCUT2D eigenvalue weighted by Crippen LogP contribution is -2.58. The molecule has 1 saturated carbocycles. The summed E-state index contributed by atoms with van der Waals surface area (Å²) in [7, 11) is 0. The van der Waals surface area contributed by atoms with Gasteiger partial charge in [-0.25, -0.2) is 0 Å². The van der Waals surface area contributed by atoms with Gasteiger partial charge >= 0.3 is 0 Å². The van der Waals surface area contributed by atoms with E-state index in [0.717, 1.165) is 32.1 Å². The molecule has 0 aromatic heterocycles. The van der Waals surface area contributed by atoms with Gasteiger partial charge in [0.15, 0.2) is 0 Å². The smallest absolute Gasteiger partial charge is 0.246 e. The number of ether oxygens (including phenoxy) is 2. The summed E-state index contributed by atoms with van der Waals surface area (Å²) in [5.74, 6) is -1.39. The highest BCUT2D eigenvalue weighted by atomic mass is 35.5. The quantitative estimate of drug-likeness (QED) is 0.537. The van der Waals surface area contributed by atoms with E-state index in [-0.39, 0.29) is 29.9 Å². The van der Waals surface area contributed by atoms with Crippen LogP contribution in [-0.4, -0.2) is 65.7 Å². The fourth-order valence-electron chi connectivity index (χ4n) is 7.31. The van der Waals surface area contributed by atoms with Crippen molar-refractivity contribution in [2.75, 3.05) is 18.5 Å². The minimum absolute atomic E-state index is 0.0471. The van der Waals surface area contributed by atoms with Crippen LogP contribution >= 0.6 is 11.6 Å². The second-order valence-corrected chi connectivity index (χ2v) is 12.1. The van der Waals surface area contributed by atoms with Gasteiger partial charge in [0.2, 0.25) is 17.7 Å². The highest BCUT2D eigenvalue weighted by Crippen LogP contribution is 2.55. The molecule has 204 valence electrons. The summed E-state index contributed by atoms with van der Waals surface area (Å²) in [6.45, 7) is 5.39. The van der Waals surface area contributed by atoms with Gasteiger partial charge in [-0.3, -0.25) is 14.4 Å². The Labute approximate surface area is 228 Å². The van der Waals surface area contributed by atoms with E-state index in [1.54, 1.807) is 29.2 Å². The summed E-state index contributed by atoms with van der Waals surface area (Å²) in [5, 5.41) is 6.71. The third kappa shape index (κ3) is 4.25. The molecule has 9 heteroatoms. The predicted molar refractivity (Wildman–Crippen MR) is 142 cm³/mol. The largest absolute Gasteiger partial charge is 0.376 e. The number of amides is 3. The predicted octanol–water partition coefficient (Wildman–Crippen LogP) is 3.55. The number of fused-ring (bicyclic) bond motifs is 1. The maximum atomic E-state index is 14.1. The Morgan fingerprint density at radius 3 is 2.76 bits per heavy atom. The van der Waals surface area contributed by atoms with Crippen molar-refractivity contribution in [2.24, 2.45) is 23.7 Å². The lowest BCUT2D eigenvalue weighted by molar-refractivity contribution is -0.143. The molecular weight excluding hydrogens is 506 g/mol. The van der Waals surface area contributed by atoms with Crippen LogP contribution in [0.1, 0.15) is 46.0 Å². The number of hydrogen-bond donors (Lipinski definition) is 2. The molecule has 1 aromatic carbocycles. The molecule has 6 rings (SSSR count).